The molecule has 1 aliphatic carbocycles. The highest BCUT2D eigenvalue weighted by Crippen LogP contribution is 2.62. The summed E-state index contributed by atoms with van der Waals surface area (Å²) >= 11 is 0. The molecule has 0 saturated heterocycles. The SMILES string of the molecule is CC(C)(C)c1ccc(N2c3ccc(C(C)(C)C)cc3B3c4ccc(N5c6ccc(-c7ccccn7)cc6C6(C)CCCCC56C)cc4N(c4ccc(C(C)(C)C)cc4)c4cc(C(C)(C)C)cc2c43)cc1. The van der Waals surface area contributed by atoms with Crippen LogP contribution in [0.25, 0.3) is 11.3 Å². The third kappa shape index (κ3) is 7.18. The van der Waals surface area contributed by atoms with Crippen LogP contribution in [0.15, 0.2) is 140 Å². The van der Waals surface area contributed by atoms with Gasteiger partial charge in [-0.3, -0.25) is 4.98 Å². The summed E-state index contributed by atoms with van der Waals surface area (Å²) in [5, 5.41) is 0. The molecule has 0 bridgehead atoms. The molecular weight excluding hydrogens is 848 g/mol. The molecule has 1 aromatic heterocycles. The van der Waals surface area contributed by atoms with Gasteiger partial charge in [-0.2, -0.15) is 0 Å². The van der Waals surface area contributed by atoms with Crippen molar-refractivity contribution >= 4 is 68.6 Å². The van der Waals surface area contributed by atoms with E-state index < -0.39 is 0 Å². The summed E-state index contributed by atoms with van der Waals surface area (Å²) in [6.07, 6.45) is 6.66. The van der Waals surface area contributed by atoms with Crippen LogP contribution in [0.2, 0.25) is 0 Å². The van der Waals surface area contributed by atoms with E-state index in [0.29, 0.717) is 0 Å². The Kier molecular flexibility index (Phi) is 10.4. The normalized spacial score (nSPS) is 19.6. The van der Waals surface area contributed by atoms with E-state index in [1.54, 1.807) is 0 Å². The van der Waals surface area contributed by atoms with Crippen molar-refractivity contribution in [1.82, 2.24) is 4.98 Å². The van der Waals surface area contributed by atoms with Gasteiger partial charge in [0.1, 0.15) is 0 Å². The van der Waals surface area contributed by atoms with Crippen molar-refractivity contribution in [1.29, 1.82) is 0 Å². The van der Waals surface area contributed by atoms with Gasteiger partial charge in [-0.15, -0.1) is 0 Å². The minimum absolute atomic E-state index is 0.0119. The predicted molar refractivity (Wildman–Crippen MR) is 301 cm³/mol. The van der Waals surface area contributed by atoms with Crippen molar-refractivity contribution in [2.75, 3.05) is 14.7 Å². The maximum atomic E-state index is 4.81. The van der Waals surface area contributed by atoms with Gasteiger partial charge in [0.15, 0.2) is 0 Å². The summed E-state index contributed by atoms with van der Waals surface area (Å²) in [6, 6.07) is 52.3. The smallest absolute Gasteiger partial charge is 0.252 e. The monoisotopic (exact) mass is 921 g/mol. The van der Waals surface area contributed by atoms with E-state index >= 15 is 0 Å². The zero-order valence-electron chi connectivity index (χ0n) is 44.5. The van der Waals surface area contributed by atoms with E-state index in [9.17, 15) is 0 Å². The largest absolute Gasteiger partial charge is 0.334 e. The predicted octanol–water partition coefficient (Wildman–Crippen LogP) is 15.8. The van der Waals surface area contributed by atoms with E-state index in [1.807, 2.05) is 12.3 Å². The van der Waals surface area contributed by atoms with Crippen LogP contribution in [0.1, 0.15) is 150 Å². The van der Waals surface area contributed by atoms with Crippen LogP contribution >= 0.6 is 0 Å². The summed E-state index contributed by atoms with van der Waals surface area (Å²) in [4.78, 5) is 12.8. The number of hydrogen-bond acceptors (Lipinski definition) is 4. The molecule has 7 aromatic rings. The summed E-state index contributed by atoms with van der Waals surface area (Å²) in [6.45, 7) is 33.2. The lowest BCUT2D eigenvalue weighted by atomic mass is 9.33. The van der Waals surface area contributed by atoms with Crippen LogP contribution in [0.3, 0.4) is 0 Å². The second kappa shape index (κ2) is 15.7. The molecule has 4 nitrogen and oxygen atoms in total. The summed E-state index contributed by atoms with van der Waals surface area (Å²) in [5.74, 6) is 0. The molecule has 6 aromatic carbocycles. The zero-order valence-corrected chi connectivity index (χ0v) is 44.5. The summed E-state index contributed by atoms with van der Waals surface area (Å²) in [7, 11) is 0. The first-order valence-corrected chi connectivity index (χ1v) is 26.1. The third-order valence-electron chi connectivity index (χ3n) is 17.1. The number of pyridine rings is 1. The molecule has 4 heterocycles. The average Bonchev–Trinajstić information content (AvgIpc) is 3.52. The van der Waals surface area contributed by atoms with E-state index in [-0.39, 0.29) is 39.3 Å². The number of fused-ring (bicyclic) bond motifs is 7. The number of rotatable bonds is 4. The fraction of sp³-hybridized carbons (Fsp3) is 0.369. The van der Waals surface area contributed by atoms with Crippen molar-refractivity contribution in [3.63, 3.8) is 0 Å². The van der Waals surface area contributed by atoms with E-state index in [1.165, 1.54) is 108 Å². The van der Waals surface area contributed by atoms with Gasteiger partial charge in [0.2, 0.25) is 0 Å². The lowest BCUT2D eigenvalue weighted by Gasteiger charge is -2.50. The van der Waals surface area contributed by atoms with Crippen molar-refractivity contribution in [2.24, 2.45) is 0 Å². The second-order valence-electron chi connectivity index (χ2n) is 25.7. The summed E-state index contributed by atoms with van der Waals surface area (Å²) < 4.78 is 0. The number of aromatic nitrogens is 1. The molecule has 4 aliphatic rings. The topological polar surface area (TPSA) is 22.6 Å². The molecule has 11 rings (SSSR count). The van der Waals surface area contributed by atoms with Gasteiger partial charge in [-0.1, -0.05) is 157 Å². The molecule has 1 fully saturated rings. The molecule has 0 radical (unpaired) electrons. The number of nitrogens with zero attached hydrogens (tertiary/aromatic N) is 4. The Morgan fingerprint density at radius 2 is 1.00 bits per heavy atom. The highest BCUT2D eigenvalue weighted by atomic mass is 15.3. The fourth-order valence-electron chi connectivity index (χ4n) is 12.6. The van der Waals surface area contributed by atoms with Crippen LogP contribution in [0.4, 0.5) is 45.5 Å². The zero-order chi connectivity index (χ0) is 49.5. The van der Waals surface area contributed by atoms with E-state index in [4.69, 9.17) is 4.98 Å². The molecular formula is C65H73BN4. The van der Waals surface area contributed by atoms with Gasteiger partial charge < -0.3 is 14.7 Å². The van der Waals surface area contributed by atoms with Gasteiger partial charge in [-0.05, 0) is 164 Å². The van der Waals surface area contributed by atoms with Gasteiger partial charge in [0, 0.05) is 62.7 Å². The first-order chi connectivity index (χ1) is 33.0. The highest BCUT2D eigenvalue weighted by molar-refractivity contribution is 7.00. The minimum atomic E-state index is -0.120. The Bertz CT molecular complexity index is 3180. The first-order valence-electron chi connectivity index (χ1n) is 26.1. The quantitative estimate of drug-likeness (QED) is 0.164. The van der Waals surface area contributed by atoms with Crippen molar-refractivity contribution < 1.29 is 0 Å². The molecule has 3 aliphatic heterocycles. The molecule has 2 unspecified atom stereocenters. The molecule has 0 N–H and O–H groups in total. The fourth-order valence-corrected chi connectivity index (χ4v) is 12.6. The average molecular weight is 921 g/mol. The standard InChI is InChI=1S/C65H73BN4/c1-60(2,3)43-21-26-47(27-22-43)68-55-33-25-45(62(7,8)9)38-52(55)66-51-31-30-49(70-54-32-20-42(53-19-15-18-36-67-53)37-50(54)64(13)34-16-17-35-65(64,70)14)41-56(51)69(48-28-23-44(24-29-48)61(4,5)6)58-40-46(63(10,11)12)39-57(68)59(58)66/h15,18-33,36-41H,16-17,34-35H2,1-14H3. The van der Waals surface area contributed by atoms with Crippen LogP contribution in [0.5, 0.6) is 0 Å². The molecule has 70 heavy (non-hydrogen) atoms. The van der Waals surface area contributed by atoms with Crippen LogP contribution in [0, 0.1) is 0 Å². The molecule has 356 valence electrons. The molecule has 5 heteroatoms. The highest BCUT2D eigenvalue weighted by Gasteiger charge is 2.58. The maximum absolute atomic E-state index is 4.81. The number of benzene rings is 6. The van der Waals surface area contributed by atoms with Gasteiger partial charge in [0.25, 0.3) is 6.71 Å². The molecule has 2 atom stereocenters. The second-order valence-corrected chi connectivity index (χ2v) is 25.7. The third-order valence-corrected chi connectivity index (χ3v) is 17.1. The Hall–Kier alpha value is -6.07. The van der Waals surface area contributed by atoms with Crippen LogP contribution in [-0.2, 0) is 27.1 Å². The minimum Gasteiger partial charge on any atom is -0.334 e. The number of hydrogen-bond donors (Lipinski definition) is 0. The first kappa shape index (κ1) is 46.3. The van der Waals surface area contributed by atoms with E-state index in [2.05, 4.69) is 239 Å². The molecule has 0 amide bonds. The van der Waals surface area contributed by atoms with Crippen molar-refractivity contribution in [3.8, 4) is 11.3 Å². The van der Waals surface area contributed by atoms with Crippen LogP contribution < -0.4 is 31.1 Å². The Morgan fingerprint density at radius 1 is 0.457 bits per heavy atom. The Labute approximate surface area is 420 Å². The van der Waals surface area contributed by atoms with Crippen molar-refractivity contribution in [2.45, 2.75) is 155 Å². The lowest BCUT2D eigenvalue weighted by Crippen LogP contribution is -2.61. The Morgan fingerprint density at radius 3 is 1.57 bits per heavy atom. The molecule has 0 spiro atoms. The summed E-state index contributed by atoms with van der Waals surface area (Å²) in [5.41, 5.74) is 22.9. The lowest BCUT2D eigenvalue weighted by molar-refractivity contribution is 0.195. The van der Waals surface area contributed by atoms with Gasteiger partial charge >= 0.3 is 0 Å². The van der Waals surface area contributed by atoms with Crippen LogP contribution in [-0.4, -0.2) is 17.2 Å². The van der Waals surface area contributed by atoms with Gasteiger partial charge in [0.05, 0.1) is 11.2 Å². The van der Waals surface area contributed by atoms with E-state index in [0.717, 1.165) is 18.5 Å². The maximum Gasteiger partial charge on any atom is 0.252 e. The van der Waals surface area contributed by atoms with Crippen molar-refractivity contribution in [3.05, 3.63) is 167 Å². The molecule has 1 saturated carbocycles. The number of anilines is 8. The Balaban J connectivity index is 1.20. The van der Waals surface area contributed by atoms with Gasteiger partial charge in [-0.25, -0.2) is 0 Å².